The van der Waals surface area contributed by atoms with Crippen LogP contribution in [0.4, 0.5) is 4.39 Å². The molecule has 1 amide bonds. The van der Waals surface area contributed by atoms with Crippen molar-refractivity contribution in [2.45, 2.75) is 6.04 Å². The highest BCUT2D eigenvalue weighted by Crippen LogP contribution is 2.27. The Morgan fingerprint density at radius 3 is 2.52 bits per heavy atom. The molecule has 1 heterocycles. The van der Waals surface area contributed by atoms with Crippen molar-refractivity contribution in [2.24, 2.45) is 0 Å². The van der Waals surface area contributed by atoms with Crippen molar-refractivity contribution < 1.29 is 9.18 Å². The van der Waals surface area contributed by atoms with Crippen LogP contribution >= 0.6 is 22.9 Å². The van der Waals surface area contributed by atoms with E-state index in [1.165, 1.54) is 12.1 Å². The first-order valence-corrected chi connectivity index (χ1v) is 8.25. The summed E-state index contributed by atoms with van der Waals surface area (Å²) in [6.45, 7) is 0. The van der Waals surface area contributed by atoms with Crippen molar-refractivity contribution in [1.29, 1.82) is 0 Å². The lowest BCUT2D eigenvalue weighted by Gasteiger charge is -2.18. The highest BCUT2D eigenvalue weighted by molar-refractivity contribution is 7.10. The van der Waals surface area contributed by atoms with E-state index in [2.05, 4.69) is 5.32 Å². The molecule has 116 valence electrons. The number of carbonyl (C=O) groups is 1. The molecule has 3 rings (SSSR count). The van der Waals surface area contributed by atoms with Crippen molar-refractivity contribution in [1.82, 2.24) is 5.32 Å². The Kier molecular flexibility index (Phi) is 4.74. The lowest BCUT2D eigenvalue weighted by molar-refractivity contribution is 0.0943. The molecule has 23 heavy (non-hydrogen) atoms. The number of carbonyl (C=O) groups excluding carboxylic acids is 1. The maximum Gasteiger partial charge on any atom is 0.253 e. The van der Waals surface area contributed by atoms with Gasteiger partial charge in [0, 0.05) is 4.88 Å². The smallest absolute Gasteiger partial charge is 0.253 e. The highest BCUT2D eigenvalue weighted by Gasteiger charge is 2.20. The van der Waals surface area contributed by atoms with Crippen molar-refractivity contribution in [3.63, 3.8) is 0 Å². The predicted molar refractivity (Wildman–Crippen MR) is 91.5 cm³/mol. The second kappa shape index (κ2) is 6.94. The van der Waals surface area contributed by atoms with E-state index in [1.807, 2.05) is 47.8 Å². The number of halogens is 2. The van der Waals surface area contributed by atoms with E-state index in [4.69, 9.17) is 11.6 Å². The molecule has 0 radical (unpaired) electrons. The normalized spacial score (nSPS) is 11.9. The molecular formula is C18H13ClFNOS. The first-order valence-electron chi connectivity index (χ1n) is 6.99. The summed E-state index contributed by atoms with van der Waals surface area (Å²) in [4.78, 5) is 13.6. The fourth-order valence-electron chi connectivity index (χ4n) is 2.30. The molecule has 0 saturated carbocycles. The van der Waals surface area contributed by atoms with Crippen LogP contribution in [0, 0.1) is 5.82 Å². The Bertz CT molecular complexity index is 805. The van der Waals surface area contributed by atoms with Crippen LogP contribution in [0.15, 0.2) is 66.0 Å². The fourth-order valence-corrected chi connectivity index (χ4v) is 3.36. The quantitative estimate of drug-likeness (QED) is 0.703. The van der Waals surface area contributed by atoms with Gasteiger partial charge in [0.25, 0.3) is 5.91 Å². The summed E-state index contributed by atoms with van der Waals surface area (Å²) in [5.74, 6) is -0.804. The van der Waals surface area contributed by atoms with Crippen LogP contribution in [-0.4, -0.2) is 5.91 Å². The molecule has 0 aliphatic carbocycles. The minimum atomic E-state index is -0.468. The molecule has 0 aliphatic heterocycles. The van der Waals surface area contributed by atoms with Crippen molar-refractivity contribution >= 4 is 28.8 Å². The maximum absolute atomic E-state index is 13.1. The largest absolute Gasteiger partial charge is 0.340 e. The predicted octanol–water partition coefficient (Wildman–Crippen LogP) is 5.06. The van der Waals surface area contributed by atoms with Gasteiger partial charge in [-0.2, -0.15) is 0 Å². The van der Waals surface area contributed by atoms with Gasteiger partial charge < -0.3 is 5.32 Å². The van der Waals surface area contributed by atoms with Gasteiger partial charge in [-0.3, -0.25) is 4.79 Å². The van der Waals surface area contributed by atoms with E-state index in [9.17, 15) is 9.18 Å². The number of rotatable bonds is 4. The number of nitrogens with one attached hydrogen (secondary N) is 1. The van der Waals surface area contributed by atoms with Crippen LogP contribution < -0.4 is 5.32 Å². The minimum absolute atomic E-state index is 0.0977. The Labute approximate surface area is 142 Å². The Hall–Kier alpha value is -2.17. The standard InChI is InChI=1S/C18H13ClFNOS/c19-15-11-13(20)8-9-14(15)18(22)21-17(16-7-4-10-23-16)12-5-2-1-3-6-12/h1-11,17H,(H,21,22). The van der Waals surface area contributed by atoms with E-state index in [1.54, 1.807) is 11.3 Å². The number of thiophene rings is 1. The van der Waals surface area contributed by atoms with E-state index in [0.717, 1.165) is 16.5 Å². The molecule has 2 nitrogen and oxygen atoms in total. The van der Waals surface area contributed by atoms with Crippen LogP contribution in [0.1, 0.15) is 26.8 Å². The van der Waals surface area contributed by atoms with Gasteiger partial charge in [-0.1, -0.05) is 48.0 Å². The fraction of sp³-hybridized carbons (Fsp3) is 0.0556. The van der Waals surface area contributed by atoms with E-state index in [0.29, 0.717) is 0 Å². The molecule has 1 aromatic heterocycles. The summed E-state index contributed by atoms with van der Waals surface area (Å²) in [6, 6.07) is 17.1. The zero-order valence-electron chi connectivity index (χ0n) is 12.0. The molecule has 0 fully saturated rings. The number of benzene rings is 2. The average Bonchev–Trinajstić information content (AvgIpc) is 3.07. The summed E-state index contributed by atoms with van der Waals surface area (Å²) >= 11 is 7.54. The van der Waals surface area contributed by atoms with Crippen LogP contribution in [0.25, 0.3) is 0 Å². The number of amides is 1. The lowest BCUT2D eigenvalue weighted by Crippen LogP contribution is -2.29. The van der Waals surface area contributed by atoms with Crippen LogP contribution in [-0.2, 0) is 0 Å². The van der Waals surface area contributed by atoms with Gasteiger partial charge in [-0.05, 0) is 35.2 Å². The van der Waals surface area contributed by atoms with Crippen molar-refractivity contribution in [3.8, 4) is 0 Å². The molecule has 1 unspecified atom stereocenters. The number of hydrogen-bond donors (Lipinski definition) is 1. The van der Waals surface area contributed by atoms with Crippen LogP contribution in [0.5, 0.6) is 0 Å². The van der Waals surface area contributed by atoms with Gasteiger partial charge in [-0.15, -0.1) is 11.3 Å². The summed E-state index contributed by atoms with van der Waals surface area (Å²) in [5.41, 5.74) is 1.23. The van der Waals surface area contributed by atoms with Crippen molar-refractivity contribution in [2.75, 3.05) is 0 Å². The summed E-state index contributed by atoms with van der Waals surface area (Å²) in [6.07, 6.45) is 0. The summed E-state index contributed by atoms with van der Waals surface area (Å²) < 4.78 is 13.1. The lowest BCUT2D eigenvalue weighted by atomic mass is 10.0. The van der Waals surface area contributed by atoms with E-state index in [-0.39, 0.29) is 22.5 Å². The van der Waals surface area contributed by atoms with Gasteiger partial charge in [0.05, 0.1) is 16.6 Å². The number of hydrogen-bond acceptors (Lipinski definition) is 2. The van der Waals surface area contributed by atoms with Gasteiger partial charge >= 0.3 is 0 Å². The zero-order valence-corrected chi connectivity index (χ0v) is 13.6. The second-order valence-electron chi connectivity index (χ2n) is 4.96. The van der Waals surface area contributed by atoms with E-state index < -0.39 is 5.82 Å². The first kappa shape index (κ1) is 15.7. The maximum atomic E-state index is 13.1. The summed E-state index contributed by atoms with van der Waals surface area (Å²) in [7, 11) is 0. The average molecular weight is 346 g/mol. The van der Waals surface area contributed by atoms with Gasteiger partial charge in [0.15, 0.2) is 0 Å². The molecule has 1 N–H and O–H groups in total. The molecule has 0 spiro atoms. The van der Waals surface area contributed by atoms with Crippen LogP contribution in [0.3, 0.4) is 0 Å². The molecule has 0 saturated heterocycles. The second-order valence-corrected chi connectivity index (χ2v) is 6.34. The molecule has 0 aliphatic rings. The molecular weight excluding hydrogens is 333 g/mol. The first-order chi connectivity index (χ1) is 11.1. The third-order valence-electron chi connectivity index (χ3n) is 3.41. The third-order valence-corrected chi connectivity index (χ3v) is 4.66. The monoisotopic (exact) mass is 345 g/mol. The summed E-state index contributed by atoms with van der Waals surface area (Å²) in [5, 5.41) is 5.04. The molecule has 3 aromatic rings. The van der Waals surface area contributed by atoms with Gasteiger partial charge in [0.1, 0.15) is 5.82 Å². The Morgan fingerprint density at radius 1 is 1.09 bits per heavy atom. The van der Waals surface area contributed by atoms with E-state index >= 15 is 0 Å². The van der Waals surface area contributed by atoms with Gasteiger partial charge in [-0.25, -0.2) is 4.39 Å². The third kappa shape index (κ3) is 3.60. The minimum Gasteiger partial charge on any atom is -0.340 e. The topological polar surface area (TPSA) is 29.1 Å². The molecule has 1 atom stereocenters. The zero-order chi connectivity index (χ0) is 16.2. The van der Waals surface area contributed by atoms with Crippen molar-refractivity contribution in [3.05, 3.63) is 92.9 Å². The molecule has 5 heteroatoms. The van der Waals surface area contributed by atoms with Crippen LogP contribution in [0.2, 0.25) is 5.02 Å². The Balaban J connectivity index is 1.91. The Morgan fingerprint density at radius 2 is 1.87 bits per heavy atom. The molecule has 0 bridgehead atoms. The SMILES string of the molecule is O=C(NC(c1ccccc1)c1cccs1)c1ccc(F)cc1Cl. The highest BCUT2D eigenvalue weighted by atomic mass is 35.5. The molecule has 2 aromatic carbocycles. The van der Waals surface area contributed by atoms with Gasteiger partial charge in [0.2, 0.25) is 0 Å².